The minimum Gasteiger partial charge on any atom is -0.396 e. The summed E-state index contributed by atoms with van der Waals surface area (Å²) in [5.74, 6) is 0. The number of aliphatic hydroxyl groups excluding tert-OH is 1. The van der Waals surface area contributed by atoms with Gasteiger partial charge >= 0.3 is 0 Å². The van der Waals surface area contributed by atoms with Crippen molar-refractivity contribution in [1.82, 2.24) is 0 Å². The summed E-state index contributed by atoms with van der Waals surface area (Å²) in [6.45, 7) is 3.59. The number of nitrogens with two attached hydrogens (primary N) is 1. The Kier molecular flexibility index (Phi) is 3.08. The van der Waals surface area contributed by atoms with E-state index in [4.69, 9.17) is 10.8 Å². The fourth-order valence-electron chi connectivity index (χ4n) is 0.166. The Bertz CT molecular complexity index is 28.7. The highest BCUT2D eigenvalue weighted by Crippen LogP contribution is 1.78. The average Bonchev–Trinajstić information content (AvgIpc) is 1.35. The zero-order valence-electron chi connectivity index (χ0n) is 3.72. The topological polar surface area (TPSA) is 46.2 Å². The van der Waals surface area contributed by atoms with E-state index in [0.29, 0.717) is 6.42 Å². The Morgan fingerprint density at radius 2 is 2.33 bits per heavy atom. The fourth-order valence-corrected chi connectivity index (χ4v) is 0.166. The molecule has 0 saturated carbocycles. The molecule has 1 radical (unpaired) electrons. The van der Waals surface area contributed by atoms with E-state index in [2.05, 4.69) is 6.92 Å². The highest BCUT2D eigenvalue weighted by Gasteiger charge is 1.86. The molecular formula is C4H10NO. The van der Waals surface area contributed by atoms with Crippen LogP contribution in [0.3, 0.4) is 0 Å². The Balaban J connectivity index is 2.63. The molecule has 0 aliphatic carbocycles. The van der Waals surface area contributed by atoms with Crippen LogP contribution in [0.15, 0.2) is 0 Å². The molecule has 2 nitrogen and oxygen atoms in total. The van der Waals surface area contributed by atoms with Crippen molar-refractivity contribution >= 4 is 0 Å². The Morgan fingerprint density at radius 3 is 2.33 bits per heavy atom. The summed E-state index contributed by atoms with van der Waals surface area (Å²) in [6, 6.07) is -0.102. The van der Waals surface area contributed by atoms with Crippen LogP contribution in [-0.2, 0) is 0 Å². The van der Waals surface area contributed by atoms with Crippen molar-refractivity contribution in [3.8, 4) is 0 Å². The van der Waals surface area contributed by atoms with E-state index in [0.717, 1.165) is 0 Å². The van der Waals surface area contributed by atoms with Crippen LogP contribution in [-0.4, -0.2) is 17.8 Å². The molecule has 0 aliphatic heterocycles. The molecule has 0 heterocycles. The largest absolute Gasteiger partial charge is 0.396 e. The van der Waals surface area contributed by atoms with Crippen LogP contribution in [0, 0.1) is 6.92 Å². The minimum absolute atomic E-state index is 0.102. The minimum atomic E-state index is -0.102. The van der Waals surface area contributed by atoms with Gasteiger partial charge in [0.1, 0.15) is 0 Å². The maximum atomic E-state index is 8.12. The standard InChI is InChI=1S/C4H10NO/c1-4(5)2-3-6/h4,6H,1-3,5H2. The van der Waals surface area contributed by atoms with E-state index < -0.39 is 0 Å². The van der Waals surface area contributed by atoms with Gasteiger partial charge in [0.15, 0.2) is 0 Å². The van der Waals surface area contributed by atoms with E-state index in [1.807, 2.05) is 0 Å². The molecule has 6 heavy (non-hydrogen) atoms. The molecule has 1 unspecified atom stereocenters. The van der Waals surface area contributed by atoms with Gasteiger partial charge in [-0.25, -0.2) is 0 Å². The lowest BCUT2D eigenvalue weighted by Gasteiger charge is -1.96. The first-order valence-electron chi connectivity index (χ1n) is 1.97. The smallest absolute Gasteiger partial charge is 0.0445 e. The molecule has 0 aliphatic rings. The maximum Gasteiger partial charge on any atom is 0.0445 e. The Labute approximate surface area is 38.0 Å². The second-order valence-electron chi connectivity index (χ2n) is 1.27. The summed E-state index contributed by atoms with van der Waals surface area (Å²) in [5, 5.41) is 8.12. The zero-order valence-corrected chi connectivity index (χ0v) is 3.72. The first-order valence-corrected chi connectivity index (χ1v) is 1.97. The van der Waals surface area contributed by atoms with Crippen molar-refractivity contribution in [1.29, 1.82) is 0 Å². The molecule has 0 saturated heterocycles. The van der Waals surface area contributed by atoms with Gasteiger partial charge in [-0.15, -0.1) is 0 Å². The van der Waals surface area contributed by atoms with Gasteiger partial charge in [-0.1, -0.05) is 0 Å². The molecule has 37 valence electrons. The molecule has 0 spiro atoms. The SMILES string of the molecule is [CH2]C(N)CCO. The lowest BCUT2D eigenvalue weighted by Crippen LogP contribution is -2.16. The summed E-state index contributed by atoms with van der Waals surface area (Å²) in [7, 11) is 0. The highest BCUT2D eigenvalue weighted by molar-refractivity contribution is 4.59. The summed E-state index contributed by atoms with van der Waals surface area (Å²) in [6.07, 6.45) is 0.597. The van der Waals surface area contributed by atoms with Gasteiger partial charge in [-0.3, -0.25) is 0 Å². The summed E-state index contributed by atoms with van der Waals surface area (Å²) >= 11 is 0. The number of hydrogen-bond donors (Lipinski definition) is 2. The Morgan fingerprint density at radius 1 is 1.83 bits per heavy atom. The van der Waals surface area contributed by atoms with Crippen LogP contribution in [0.25, 0.3) is 0 Å². The third-order valence-corrected chi connectivity index (χ3v) is 0.500. The average molecular weight is 88.1 g/mol. The fraction of sp³-hybridized carbons (Fsp3) is 0.750. The molecule has 0 aromatic carbocycles. The molecule has 3 N–H and O–H groups in total. The molecule has 0 amide bonds. The van der Waals surface area contributed by atoms with Gasteiger partial charge in [0.05, 0.1) is 0 Å². The van der Waals surface area contributed by atoms with Crippen molar-refractivity contribution in [3.05, 3.63) is 6.92 Å². The number of rotatable bonds is 2. The van der Waals surface area contributed by atoms with E-state index >= 15 is 0 Å². The second-order valence-corrected chi connectivity index (χ2v) is 1.27. The Hall–Kier alpha value is -0.0800. The van der Waals surface area contributed by atoms with Gasteiger partial charge in [0.2, 0.25) is 0 Å². The molecule has 0 aromatic rings. The van der Waals surface area contributed by atoms with Crippen molar-refractivity contribution < 1.29 is 5.11 Å². The predicted octanol–water partition coefficient (Wildman–Crippen LogP) is -0.470. The highest BCUT2D eigenvalue weighted by atomic mass is 16.3. The number of hydrogen-bond acceptors (Lipinski definition) is 2. The molecule has 0 fully saturated rings. The summed E-state index contributed by atoms with van der Waals surface area (Å²) < 4.78 is 0. The predicted molar refractivity (Wildman–Crippen MR) is 25.0 cm³/mol. The van der Waals surface area contributed by atoms with Crippen LogP contribution in [0.1, 0.15) is 6.42 Å². The van der Waals surface area contributed by atoms with E-state index in [1.54, 1.807) is 0 Å². The molecule has 2 heteroatoms. The van der Waals surface area contributed by atoms with Crippen molar-refractivity contribution in [2.24, 2.45) is 5.73 Å². The van der Waals surface area contributed by atoms with Gasteiger partial charge in [0.25, 0.3) is 0 Å². The third-order valence-electron chi connectivity index (χ3n) is 0.500. The van der Waals surface area contributed by atoms with E-state index in [9.17, 15) is 0 Å². The van der Waals surface area contributed by atoms with Gasteiger partial charge < -0.3 is 10.8 Å². The molecular weight excluding hydrogens is 78.0 g/mol. The zero-order chi connectivity index (χ0) is 4.99. The summed E-state index contributed by atoms with van der Waals surface area (Å²) in [4.78, 5) is 0. The first-order chi connectivity index (χ1) is 2.77. The lowest BCUT2D eigenvalue weighted by atomic mass is 10.3. The maximum absolute atomic E-state index is 8.12. The van der Waals surface area contributed by atoms with Gasteiger partial charge in [-0.2, -0.15) is 0 Å². The monoisotopic (exact) mass is 88.1 g/mol. The van der Waals surface area contributed by atoms with Crippen molar-refractivity contribution in [2.75, 3.05) is 6.61 Å². The van der Waals surface area contributed by atoms with Crippen LogP contribution >= 0.6 is 0 Å². The van der Waals surface area contributed by atoms with Crippen LogP contribution in [0.5, 0.6) is 0 Å². The summed E-state index contributed by atoms with van der Waals surface area (Å²) in [5.41, 5.74) is 5.13. The lowest BCUT2D eigenvalue weighted by molar-refractivity contribution is 0.282. The van der Waals surface area contributed by atoms with Crippen LogP contribution in [0.4, 0.5) is 0 Å². The molecule has 0 rings (SSSR count). The van der Waals surface area contributed by atoms with Gasteiger partial charge in [-0.05, 0) is 13.3 Å². The van der Waals surface area contributed by atoms with Crippen molar-refractivity contribution in [3.63, 3.8) is 0 Å². The second kappa shape index (κ2) is 3.12. The normalized spacial score (nSPS) is 14.5. The van der Waals surface area contributed by atoms with E-state index in [1.165, 1.54) is 0 Å². The van der Waals surface area contributed by atoms with Crippen LogP contribution < -0.4 is 5.73 Å². The van der Waals surface area contributed by atoms with Gasteiger partial charge in [0, 0.05) is 12.6 Å². The molecule has 1 atom stereocenters. The molecule has 0 bridgehead atoms. The quantitative estimate of drug-likeness (QED) is 0.479. The van der Waals surface area contributed by atoms with E-state index in [-0.39, 0.29) is 12.6 Å². The third kappa shape index (κ3) is 3.92. The molecule has 0 aromatic heterocycles. The number of aliphatic hydroxyl groups is 1. The van der Waals surface area contributed by atoms with Crippen LogP contribution in [0.2, 0.25) is 0 Å². The first kappa shape index (κ1) is 5.92. The van der Waals surface area contributed by atoms with Crippen molar-refractivity contribution in [2.45, 2.75) is 12.5 Å².